The van der Waals surface area contributed by atoms with Gasteiger partial charge in [-0.05, 0) is 30.8 Å². The van der Waals surface area contributed by atoms with Crippen molar-refractivity contribution >= 4 is 23.2 Å². The molecular formula is C17H24F2N4O3. The molecule has 2 amide bonds. The van der Waals surface area contributed by atoms with Crippen LogP contribution >= 0.6 is 0 Å². The Labute approximate surface area is 151 Å². The van der Waals surface area contributed by atoms with Crippen LogP contribution in [0.5, 0.6) is 0 Å². The number of morpholine rings is 1. The summed E-state index contributed by atoms with van der Waals surface area (Å²) in [6, 6.07) is 5.91. The van der Waals surface area contributed by atoms with Crippen LogP contribution in [-0.4, -0.2) is 68.6 Å². The molecule has 0 bridgehead atoms. The molecule has 1 heterocycles. The highest BCUT2D eigenvalue weighted by Crippen LogP contribution is 2.20. The second-order valence-corrected chi connectivity index (χ2v) is 5.86. The smallest absolute Gasteiger partial charge is 0.253 e. The third-order valence-electron chi connectivity index (χ3n) is 4.18. The number of ether oxygens (including phenoxy) is 1. The zero-order valence-corrected chi connectivity index (χ0v) is 14.7. The van der Waals surface area contributed by atoms with Crippen LogP contribution in [0.25, 0.3) is 0 Å². The highest BCUT2D eigenvalue weighted by atomic mass is 19.3. The Morgan fingerprint density at radius 2 is 2.08 bits per heavy atom. The lowest BCUT2D eigenvalue weighted by molar-refractivity contribution is -0.125. The summed E-state index contributed by atoms with van der Waals surface area (Å²) in [5.74, 6) is -0.563. The van der Waals surface area contributed by atoms with E-state index in [4.69, 9.17) is 10.5 Å². The number of carbonyl (C=O) groups excluding carboxylic acids is 2. The molecule has 1 aromatic rings. The summed E-state index contributed by atoms with van der Waals surface area (Å²) >= 11 is 0. The first-order chi connectivity index (χ1) is 12.5. The third kappa shape index (κ3) is 5.20. The molecule has 0 aliphatic carbocycles. The number of amides is 2. The maximum Gasteiger partial charge on any atom is 0.253 e. The van der Waals surface area contributed by atoms with Crippen LogP contribution in [0, 0.1) is 0 Å². The predicted octanol–water partition coefficient (Wildman–Crippen LogP) is 0.903. The zero-order valence-electron chi connectivity index (χ0n) is 14.7. The van der Waals surface area contributed by atoms with E-state index in [9.17, 15) is 18.4 Å². The van der Waals surface area contributed by atoms with Gasteiger partial charge in [-0.1, -0.05) is 6.92 Å². The Bertz CT molecular complexity index is 613. The van der Waals surface area contributed by atoms with E-state index in [2.05, 4.69) is 5.32 Å². The molecular weight excluding hydrogens is 346 g/mol. The molecule has 144 valence electrons. The van der Waals surface area contributed by atoms with Gasteiger partial charge in [-0.2, -0.15) is 0 Å². The number of anilines is 2. The lowest BCUT2D eigenvalue weighted by Crippen LogP contribution is -2.50. The minimum atomic E-state index is -2.54. The summed E-state index contributed by atoms with van der Waals surface area (Å²) in [5, 5.41) is 2.69. The Morgan fingerprint density at radius 3 is 2.62 bits per heavy atom. The van der Waals surface area contributed by atoms with Crippen molar-refractivity contribution in [2.24, 2.45) is 5.73 Å². The Kier molecular flexibility index (Phi) is 7.43. The van der Waals surface area contributed by atoms with Gasteiger partial charge in [0.15, 0.2) is 0 Å². The average Bonchev–Trinajstić information content (AvgIpc) is 2.62. The number of nitrogens with two attached hydrogens (primary N) is 1. The van der Waals surface area contributed by atoms with Crippen LogP contribution in [0.1, 0.15) is 6.92 Å². The fourth-order valence-corrected chi connectivity index (χ4v) is 2.82. The molecule has 1 aliphatic rings. The first-order valence-electron chi connectivity index (χ1n) is 8.47. The molecule has 2 rings (SSSR count). The third-order valence-corrected chi connectivity index (χ3v) is 4.18. The van der Waals surface area contributed by atoms with Gasteiger partial charge < -0.3 is 20.7 Å². The maximum absolute atomic E-state index is 12.7. The summed E-state index contributed by atoms with van der Waals surface area (Å²) in [6.07, 6.45) is -2.54. The van der Waals surface area contributed by atoms with Gasteiger partial charge in [-0.25, -0.2) is 8.78 Å². The summed E-state index contributed by atoms with van der Waals surface area (Å²) in [4.78, 5) is 27.2. The quantitative estimate of drug-likeness (QED) is 0.710. The highest BCUT2D eigenvalue weighted by molar-refractivity contribution is 5.97. The van der Waals surface area contributed by atoms with Crippen molar-refractivity contribution in [1.29, 1.82) is 0 Å². The zero-order chi connectivity index (χ0) is 19.1. The predicted molar refractivity (Wildman–Crippen MR) is 94.3 cm³/mol. The van der Waals surface area contributed by atoms with Gasteiger partial charge in [0.1, 0.15) is 12.6 Å². The number of nitrogens with zero attached hydrogens (tertiary/aromatic N) is 2. The molecule has 1 fully saturated rings. The number of carbonyl (C=O) groups is 2. The fourth-order valence-electron chi connectivity index (χ4n) is 2.82. The molecule has 0 saturated carbocycles. The van der Waals surface area contributed by atoms with Crippen LogP contribution in [-0.2, 0) is 14.3 Å². The number of halogens is 2. The summed E-state index contributed by atoms with van der Waals surface area (Å²) in [5.41, 5.74) is 6.83. The molecule has 3 N–H and O–H groups in total. The number of rotatable bonds is 8. The van der Waals surface area contributed by atoms with Crippen LogP contribution < -0.4 is 16.0 Å². The molecule has 7 nitrogen and oxygen atoms in total. The number of hydrogen-bond acceptors (Lipinski definition) is 5. The molecule has 0 aromatic heterocycles. The molecule has 0 unspecified atom stereocenters. The van der Waals surface area contributed by atoms with E-state index in [0.29, 0.717) is 24.5 Å². The molecule has 1 saturated heterocycles. The van der Waals surface area contributed by atoms with Gasteiger partial charge in [-0.15, -0.1) is 0 Å². The van der Waals surface area contributed by atoms with Crippen LogP contribution in [0.15, 0.2) is 24.3 Å². The van der Waals surface area contributed by atoms with Crippen molar-refractivity contribution in [3.63, 3.8) is 0 Å². The van der Waals surface area contributed by atoms with Crippen molar-refractivity contribution in [2.75, 3.05) is 49.6 Å². The van der Waals surface area contributed by atoms with Crippen LogP contribution in [0.2, 0.25) is 0 Å². The minimum Gasteiger partial charge on any atom is -0.370 e. The summed E-state index contributed by atoms with van der Waals surface area (Å²) in [6.45, 7) is 2.41. The molecule has 26 heavy (non-hydrogen) atoms. The van der Waals surface area contributed by atoms with Crippen molar-refractivity contribution in [3.05, 3.63) is 24.3 Å². The Morgan fingerprint density at radius 1 is 1.38 bits per heavy atom. The molecule has 9 heteroatoms. The van der Waals surface area contributed by atoms with Crippen molar-refractivity contribution in [2.45, 2.75) is 19.4 Å². The van der Waals surface area contributed by atoms with Gasteiger partial charge in [0.05, 0.1) is 13.2 Å². The van der Waals surface area contributed by atoms with E-state index in [0.717, 1.165) is 0 Å². The first-order valence-corrected chi connectivity index (χ1v) is 8.47. The lowest BCUT2D eigenvalue weighted by Gasteiger charge is -2.28. The Hall–Kier alpha value is -2.10. The summed E-state index contributed by atoms with van der Waals surface area (Å²) in [7, 11) is 0. The second kappa shape index (κ2) is 9.56. The second-order valence-electron chi connectivity index (χ2n) is 5.86. The molecule has 0 radical (unpaired) electrons. The Balaban J connectivity index is 2.02. The van der Waals surface area contributed by atoms with Gasteiger partial charge >= 0.3 is 0 Å². The number of nitrogens with one attached hydrogen (secondary N) is 1. The fraction of sp³-hybridized carbons (Fsp3) is 0.529. The van der Waals surface area contributed by atoms with Crippen molar-refractivity contribution in [3.8, 4) is 0 Å². The van der Waals surface area contributed by atoms with Crippen LogP contribution in [0.3, 0.4) is 0 Å². The van der Waals surface area contributed by atoms with Gasteiger partial charge in [0.25, 0.3) is 12.3 Å². The normalized spacial score (nSPS) is 16.2. The van der Waals surface area contributed by atoms with E-state index < -0.39 is 24.9 Å². The van der Waals surface area contributed by atoms with Gasteiger partial charge in [-0.3, -0.25) is 14.5 Å². The number of hydrogen-bond donors (Lipinski definition) is 2. The first kappa shape index (κ1) is 20.2. The molecule has 1 aromatic carbocycles. The standard InChI is InChI=1S/C17H24F2N4O3/c1-2-22(10-15(18)19)14(9-20)17(25)21-12-3-5-13(6-4-12)23-7-8-26-11-16(23)24/h3-6,14-15H,2,7-11,20H2,1H3,(H,21,25)/t14-/m1/s1. The van der Waals surface area contributed by atoms with Crippen molar-refractivity contribution < 1.29 is 23.1 Å². The summed E-state index contributed by atoms with van der Waals surface area (Å²) < 4.78 is 30.4. The number of alkyl halides is 2. The monoisotopic (exact) mass is 370 g/mol. The highest BCUT2D eigenvalue weighted by Gasteiger charge is 2.26. The van der Waals surface area contributed by atoms with E-state index >= 15 is 0 Å². The SMILES string of the molecule is CCN(CC(F)F)[C@H](CN)C(=O)Nc1ccc(N2CCOCC2=O)cc1. The molecule has 1 atom stereocenters. The maximum atomic E-state index is 12.7. The minimum absolute atomic E-state index is 0.0493. The van der Waals surface area contributed by atoms with Gasteiger partial charge in [0, 0.05) is 24.5 Å². The molecule has 0 spiro atoms. The van der Waals surface area contributed by atoms with E-state index in [1.807, 2.05) is 0 Å². The van der Waals surface area contributed by atoms with Crippen LogP contribution in [0.4, 0.5) is 20.2 Å². The lowest BCUT2D eigenvalue weighted by atomic mass is 10.2. The number of benzene rings is 1. The van der Waals surface area contributed by atoms with Gasteiger partial charge in [0.2, 0.25) is 5.91 Å². The van der Waals surface area contributed by atoms with E-state index in [1.165, 1.54) is 4.90 Å². The van der Waals surface area contributed by atoms with E-state index in [-0.39, 0.29) is 25.6 Å². The topological polar surface area (TPSA) is 87.9 Å². The largest absolute Gasteiger partial charge is 0.370 e. The number of likely N-dealkylation sites (N-methyl/N-ethyl adjacent to an activating group) is 1. The van der Waals surface area contributed by atoms with Crippen molar-refractivity contribution in [1.82, 2.24) is 4.90 Å². The van der Waals surface area contributed by atoms with E-state index in [1.54, 1.807) is 36.1 Å². The average molecular weight is 370 g/mol. The molecule has 1 aliphatic heterocycles.